The van der Waals surface area contributed by atoms with E-state index in [9.17, 15) is 23.2 Å². The molecule has 3 amide bonds. The summed E-state index contributed by atoms with van der Waals surface area (Å²) in [5.74, 6) is -1.65. The van der Waals surface area contributed by atoms with E-state index in [4.69, 9.17) is 9.73 Å². The molecule has 0 radical (unpaired) electrons. The lowest BCUT2D eigenvalue weighted by atomic mass is 9.70. The first-order chi connectivity index (χ1) is 21.2. The number of hydrogen-bond acceptors (Lipinski definition) is 5. The third kappa shape index (κ3) is 5.06. The van der Waals surface area contributed by atoms with E-state index < -0.39 is 34.5 Å². The standard InChI is InChI=1S/C34H32F2N4O4/c35-25-14-23(15-26(36)17-25)28-8-9-33(10-12-44-13-11-33)32(43)40(28)20-29(41)37-27-7-6-22-18-34(19-24(22)16-27)31(42)38-30(39-34)21-4-2-1-3-5-21/h1-7,14-17,28H,8-13,18-20H2,(H,37,41)(H,38,39,42)/t28-,34?/m0/s1. The molecule has 0 aromatic heterocycles. The second-order valence-electron chi connectivity index (χ2n) is 12.3. The van der Waals surface area contributed by atoms with Crippen LogP contribution in [0.25, 0.3) is 0 Å². The maximum absolute atomic E-state index is 14.2. The Labute approximate surface area is 253 Å². The van der Waals surface area contributed by atoms with Gasteiger partial charge in [0.05, 0.1) is 11.5 Å². The summed E-state index contributed by atoms with van der Waals surface area (Å²) >= 11 is 0. The van der Waals surface area contributed by atoms with Gasteiger partial charge in [-0.05, 0) is 66.6 Å². The molecule has 3 heterocycles. The molecule has 2 fully saturated rings. The van der Waals surface area contributed by atoms with Crippen LogP contribution in [0.5, 0.6) is 0 Å². The molecule has 0 bridgehead atoms. The molecular formula is C34H32F2N4O4. The Morgan fingerprint density at radius 2 is 1.68 bits per heavy atom. The quantitative estimate of drug-likeness (QED) is 0.453. The van der Waals surface area contributed by atoms with Gasteiger partial charge < -0.3 is 20.3 Å². The summed E-state index contributed by atoms with van der Waals surface area (Å²) in [6.45, 7) is 0.644. The monoisotopic (exact) mass is 598 g/mol. The van der Waals surface area contributed by atoms with Crippen LogP contribution in [0.15, 0.2) is 71.7 Å². The normalized spacial score (nSPS) is 23.9. The van der Waals surface area contributed by atoms with Crippen LogP contribution in [-0.2, 0) is 32.0 Å². The summed E-state index contributed by atoms with van der Waals surface area (Å²) in [5.41, 5.74) is 2.03. The lowest BCUT2D eigenvalue weighted by Gasteiger charge is -2.47. The van der Waals surface area contributed by atoms with Crippen molar-refractivity contribution in [2.75, 3.05) is 25.1 Å². The van der Waals surface area contributed by atoms with Gasteiger partial charge in [0.2, 0.25) is 11.8 Å². The Bertz CT molecular complexity index is 1670. The minimum absolute atomic E-state index is 0.149. The third-order valence-electron chi connectivity index (χ3n) is 9.50. The number of carbonyl (C=O) groups excluding carboxylic acids is 3. The molecule has 2 spiro atoms. The number of amidine groups is 1. The van der Waals surface area contributed by atoms with Crippen molar-refractivity contribution in [1.29, 1.82) is 0 Å². The molecule has 3 aliphatic heterocycles. The zero-order chi connectivity index (χ0) is 30.5. The Balaban J connectivity index is 1.10. The molecule has 44 heavy (non-hydrogen) atoms. The van der Waals surface area contributed by atoms with Gasteiger partial charge in [-0.15, -0.1) is 0 Å². The van der Waals surface area contributed by atoms with Crippen molar-refractivity contribution in [3.8, 4) is 0 Å². The van der Waals surface area contributed by atoms with Crippen LogP contribution in [0.1, 0.15) is 54.0 Å². The number of carbonyl (C=O) groups is 3. The molecule has 1 aliphatic carbocycles. The predicted octanol–water partition coefficient (Wildman–Crippen LogP) is 4.48. The fourth-order valence-electron chi connectivity index (χ4n) is 7.22. The predicted molar refractivity (Wildman–Crippen MR) is 159 cm³/mol. The van der Waals surface area contributed by atoms with Crippen LogP contribution in [0.3, 0.4) is 0 Å². The Morgan fingerprint density at radius 3 is 2.43 bits per heavy atom. The van der Waals surface area contributed by atoms with E-state index in [0.717, 1.165) is 22.8 Å². The summed E-state index contributed by atoms with van der Waals surface area (Å²) in [4.78, 5) is 46.8. The first-order valence-corrected chi connectivity index (χ1v) is 15.0. The van der Waals surface area contributed by atoms with Crippen molar-refractivity contribution < 1.29 is 27.9 Å². The number of likely N-dealkylation sites (tertiary alicyclic amines) is 1. The molecule has 1 unspecified atom stereocenters. The minimum Gasteiger partial charge on any atom is -0.381 e. The van der Waals surface area contributed by atoms with Crippen LogP contribution in [0.2, 0.25) is 0 Å². The Kier molecular flexibility index (Phi) is 7.04. The number of hydrogen-bond donors (Lipinski definition) is 2. The van der Waals surface area contributed by atoms with Gasteiger partial charge in [0.15, 0.2) is 0 Å². The van der Waals surface area contributed by atoms with E-state index >= 15 is 0 Å². The van der Waals surface area contributed by atoms with Gasteiger partial charge >= 0.3 is 0 Å². The van der Waals surface area contributed by atoms with E-state index in [1.807, 2.05) is 42.5 Å². The fourth-order valence-corrected chi connectivity index (χ4v) is 7.22. The van der Waals surface area contributed by atoms with Gasteiger partial charge in [-0.1, -0.05) is 36.4 Å². The van der Waals surface area contributed by atoms with Crippen molar-refractivity contribution in [3.05, 3.63) is 101 Å². The van der Waals surface area contributed by atoms with Crippen LogP contribution in [0.4, 0.5) is 14.5 Å². The number of aliphatic imine (C=N–C) groups is 1. The first-order valence-electron chi connectivity index (χ1n) is 15.0. The van der Waals surface area contributed by atoms with E-state index in [2.05, 4.69) is 10.6 Å². The van der Waals surface area contributed by atoms with Gasteiger partial charge in [0.1, 0.15) is 29.6 Å². The molecule has 10 heteroatoms. The number of amides is 3. The maximum atomic E-state index is 14.2. The van der Waals surface area contributed by atoms with Crippen LogP contribution < -0.4 is 10.6 Å². The molecule has 4 aliphatic rings. The van der Waals surface area contributed by atoms with E-state index in [1.165, 1.54) is 17.0 Å². The smallest absolute Gasteiger partial charge is 0.254 e. The number of ether oxygens (including phenoxy) is 1. The number of piperidine rings is 1. The summed E-state index contributed by atoms with van der Waals surface area (Å²) in [6, 6.07) is 17.7. The summed E-state index contributed by atoms with van der Waals surface area (Å²) in [5, 5.41) is 5.84. The molecule has 0 saturated carbocycles. The molecule has 2 atom stereocenters. The van der Waals surface area contributed by atoms with E-state index in [-0.39, 0.29) is 18.4 Å². The van der Waals surface area contributed by atoms with Gasteiger partial charge in [-0.2, -0.15) is 0 Å². The Hall–Kier alpha value is -4.44. The molecule has 2 saturated heterocycles. The van der Waals surface area contributed by atoms with Gasteiger partial charge in [0.25, 0.3) is 5.91 Å². The van der Waals surface area contributed by atoms with Crippen molar-refractivity contribution in [3.63, 3.8) is 0 Å². The molecule has 3 aromatic carbocycles. The SMILES string of the molecule is O=C(CN1C(=O)C2(CCOCC2)CC[C@H]1c1cc(F)cc(F)c1)Nc1ccc2c(c1)CC1(C2)N=C(c2ccccc2)NC1=O. The fraction of sp³-hybridized carbons (Fsp3) is 0.353. The lowest BCUT2D eigenvalue weighted by Crippen LogP contribution is -2.54. The largest absolute Gasteiger partial charge is 0.381 e. The maximum Gasteiger partial charge on any atom is 0.254 e. The summed E-state index contributed by atoms with van der Waals surface area (Å²) in [7, 11) is 0. The molecule has 8 nitrogen and oxygen atoms in total. The Morgan fingerprint density at radius 1 is 0.955 bits per heavy atom. The highest BCUT2D eigenvalue weighted by atomic mass is 19.1. The molecule has 3 aromatic rings. The van der Waals surface area contributed by atoms with Crippen molar-refractivity contribution >= 4 is 29.2 Å². The highest BCUT2D eigenvalue weighted by Crippen LogP contribution is 2.46. The minimum atomic E-state index is -0.929. The average Bonchev–Trinajstić information content (AvgIpc) is 3.54. The third-order valence-corrected chi connectivity index (χ3v) is 9.50. The number of fused-ring (bicyclic) bond motifs is 1. The highest BCUT2D eigenvalue weighted by molar-refractivity contribution is 6.15. The van der Waals surface area contributed by atoms with Gasteiger partial charge in [-0.25, -0.2) is 8.78 Å². The van der Waals surface area contributed by atoms with Crippen LogP contribution in [-0.4, -0.2) is 53.8 Å². The molecule has 226 valence electrons. The zero-order valence-electron chi connectivity index (χ0n) is 24.1. The van der Waals surface area contributed by atoms with Crippen molar-refractivity contribution in [2.24, 2.45) is 10.4 Å². The average molecular weight is 599 g/mol. The second kappa shape index (κ2) is 10.9. The number of rotatable bonds is 5. The van der Waals surface area contributed by atoms with Gasteiger partial charge in [0, 0.05) is 43.4 Å². The molecule has 2 N–H and O–H groups in total. The van der Waals surface area contributed by atoms with Crippen LogP contribution >= 0.6 is 0 Å². The number of benzene rings is 3. The molecule has 7 rings (SSSR count). The van der Waals surface area contributed by atoms with Gasteiger partial charge in [-0.3, -0.25) is 19.4 Å². The highest BCUT2D eigenvalue weighted by Gasteiger charge is 2.50. The number of anilines is 1. The second-order valence-corrected chi connectivity index (χ2v) is 12.3. The first kappa shape index (κ1) is 28.3. The topological polar surface area (TPSA) is 100 Å². The number of nitrogens with one attached hydrogen (secondary N) is 2. The lowest BCUT2D eigenvalue weighted by molar-refractivity contribution is -0.159. The van der Waals surface area contributed by atoms with Crippen molar-refractivity contribution in [1.82, 2.24) is 10.2 Å². The van der Waals surface area contributed by atoms with E-state index in [0.29, 0.717) is 68.8 Å². The number of nitrogens with zero attached hydrogens (tertiary/aromatic N) is 2. The summed E-state index contributed by atoms with van der Waals surface area (Å²) < 4.78 is 33.9. The van der Waals surface area contributed by atoms with E-state index in [1.54, 1.807) is 6.07 Å². The number of halogens is 2. The van der Waals surface area contributed by atoms with Crippen molar-refractivity contribution in [2.45, 2.75) is 50.1 Å². The summed E-state index contributed by atoms with van der Waals surface area (Å²) in [6.07, 6.45) is 2.99. The zero-order valence-corrected chi connectivity index (χ0v) is 24.1. The molecular weight excluding hydrogens is 566 g/mol. The van der Waals surface area contributed by atoms with Crippen LogP contribution in [0, 0.1) is 17.0 Å².